The SMILES string of the molecule is CCCCc1nc(Cl)c(CNCC2CCS(=O)(=O)C2)[nH]1. The topological polar surface area (TPSA) is 74.8 Å². The summed E-state index contributed by atoms with van der Waals surface area (Å²) in [5, 5.41) is 3.79. The van der Waals surface area contributed by atoms with Gasteiger partial charge in [-0.05, 0) is 25.3 Å². The third-order valence-corrected chi connectivity index (χ3v) is 5.76. The molecule has 1 aromatic rings. The Morgan fingerprint density at radius 1 is 1.50 bits per heavy atom. The lowest BCUT2D eigenvalue weighted by Gasteiger charge is -2.08. The minimum atomic E-state index is -2.79. The van der Waals surface area contributed by atoms with E-state index in [1.807, 2.05) is 0 Å². The highest BCUT2D eigenvalue weighted by molar-refractivity contribution is 7.91. The van der Waals surface area contributed by atoms with Crippen molar-refractivity contribution in [3.63, 3.8) is 0 Å². The van der Waals surface area contributed by atoms with Crippen LogP contribution in [0, 0.1) is 5.92 Å². The molecule has 0 amide bonds. The van der Waals surface area contributed by atoms with Crippen LogP contribution in [0.4, 0.5) is 0 Å². The molecule has 1 fully saturated rings. The van der Waals surface area contributed by atoms with Gasteiger partial charge in [-0.15, -0.1) is 0 Å². The Bertz CT molecular complexity index is 542. The number of sulfone groups is 1. The summed E-state index contributed by atoms with van der Waals surface area (Å²) in [6, 6.07) is 0. The first-order chi connectivity index (χ1) is 9.50. The lowest BCUT2D eigenvalue weighted by molar-refractivity contribution is 0.518. The Hall–Kier alpha value is -0.590. The predicted octanol–water partition coefficient (Wildman–Crippen LogP) is 1.93. The molecule has 1 atom stereocenters. The average Bonchev–Trinajstić information content (AvgIpc) is 2.90. The maximum atomic E-state index is 11.4. The van der Waals surface area contributed by atoms with Crippen molar-refractivity contribution in [3.05, 3.63) is 16.7 Å². The monoisotopic (exact) mass is 319 g/mol. The molecular weight excluding hydrogens is 298 g/mol. The second-order valence-electron chi connectivity index (χ2n) is 5.46. The lowest BCUT2D eigenvalue weighted by Crippen LogP contribution is -2.23. The Morgan fingerprint density at radius 3 is 2.95 bits per heavy atom. The molecule has 0 saturated carbocycles. The number of aromatic amines is 1. The second-order valence-corrected chi connectivity index (χ2v) is 8.04. The van der Waals surface area contributed by atoms with E-state index in [2.05, 4.69) is 22.2 Å². The first-order valence-electron chi connectivity index (χ1n) is 7.14. The fourth-order valence-electron chi connectivity index (χ4n) is 2.45. The minimum Gasteiger partial charge on any atom is -0.344 e. The van der Waals surface area contributed by atoms with Gasteiger partial charge in [-0.2, -0.15) is 0 Å². The lowest BCUT2D eigenvalue weighted by atomic mass is 10.1. The summed E-state index contributed by atoms with van der Waals surface area (Å²) in [6.07, 6.45) is 3.89. The van der Waals surface area contributed by atoms with Gasteiger partial charge < -0.3 is 10.3 Å². The zero-order chi connectivity index (χ0) is 14.6. The zero-order valence-electron chi connectivity index (χ0n) is 11.8. The molecule has 1 aromatic heterocycles. The van der Waals surface area contributed by atoms with Crippen molar-refractivity contribution in [1.29, 1.82) is 0 Å². The number of hydrogen-bond acceptors (Lipinski definition) is 4. The van der Waals surface area contributed by atoms with Gasteiger partial charge in [0.25, 0.3) is 0 Å². The molecule has 0 aromatic carbocycles. The van der Waals surface area contributed by atoms with Gasteiger partial charge in [-0.1, -0.05) is 24.9 Å². The van der Waals surface area contributed by atoms with E-state index in [9.17, 15) is 8.42 Å². The number of hydrogen-bond donors (Lipinski definition) is 2. The maximum absolute atomic E-state index is 11.4. The molecule has 2 heterocycles. The fourth-order valence-corrected chi connectivity index (χ4v) is 4.53. The minimum absolute atomic E-state index is 0.223. The van der Waals surface area contributed by atoms with Gasteiger partial charge in [-0.3, -0.25) is 0 Å². The van der Waals surface area contributed by atoms with Crippen LogP contribution >= 0.6 is 11.6 Å². The fraction of sp³-hybridized carbons (Fsp3) is 0.769. The number of aryl methyl sites for hydroxylation is 1. The summed E-state index contributed by atoms with van der Waals surface area (Å²) >= 11 is 6.09. The molecule has 7 heteroatoms. The van der Waals surface area contributed by atoms with Crippen LogP contribution in [0.3, 0.4) is 0 Å². The molecule has 114 valence electrons. The Morgan fingerprint density at radius 2 is 2.30 bits per heavy atom. The number of nitrogens with one attached hydrogen (secondary N) is 2. The standard InChI is InChI=1S/C13H22ClN3O2S/c1-2-3-4-12-16-11(13(14)17-12)8-15-7-10-5-6-20(18,19)9-10/h10,15H,2-9H2,1H3,(H,16,17). The number of unbranched alkanes of at least 4 members (excludes halogenated alkanes) is 1. The van der Waals surface area contributed by atoms with E-state index >= 15 is 0 Å². The molecule has 5 nitrogen and oxygen atoms in total. The third-order valence-electron chi connectivity index (χ3n) is 3.61. The van der Waals surface area contributed by atoms with Gasteiger partial charge in [0.2, 0.25) is 0 Å². The van der Waals surface area contributed by atoms with E-state index in [4.69, 9.17) is 11.6 Å². The summed E-state index contributed by atoms with van der Waals surface area (Å²) in [5.74, 6) is 1.78. The van der Waals surface area contributed by atoms with Crippen LogP contribution in [0.25, 0.3) is 0 Å². The molecular formula is C13H22ClN3O2S. The van der Waals surface area contributed by atoms with Crippen molar-refractivity contribution >= 4 is 21.4 Å². The number of aromatic nitrogens is 2. The Labute approximate surface area is 125 Å². The molecule has 1 aliphatic heterocycles. The van der Waals surface area contributed by atoms with Crippen LogP contribution in [0.5, 0.6) is 0 Å². The summed E-state index contributed by atoms with van der Waals surface area (Å²) in [4.78, 5) is 7.53. The van der Waals surface area contributed by atoms with E-state index in [0.29, 0.717) is 29.7 Å². The summed E-state index contributed by atoms with van der Waals surface area (Å²) < 4.78 is 22.7. The van der Waals surface area contributed by atoms with Gasteiger partial charge in [0.05, 0.1) is 17.2 Å². The highest BCUT2D eigenvalue weighted by Crippen LogP contribution is 2.18. The largest absolute Gasteiger partial charge is 0.344 e. The molecule has 1 unspecified atom stereocenters. The molecule has 0 aliphatic carbocycles. The molecule has 1 aliphatic rings. The van der Waals surface area contributed by atoms with E-state index in [-0.39, 0.29) is 5.92 Å². The van der Waals surface area contributed by atoms with Crippen LogP contribution in [0.2, 0.25) is 5.15 Å². The second kappa shape index (κ2) is 6.91. The van der Waals surface area contributed by atoms with Crippen molar-refractivity contribution in [3.8, 4) is 0 Å². The summed E-state index contributed by atoms with van der Waals surface area (Å²) in [6.45, 7) is 3.45. The molecule has 0 bridgehead atoms. The highest BCUT2D eigenvalue weighted by Gasteiger charge is 2.27. The van der Waals surface area contributed by atoms with Gasteiger partial charge in [0.1, 0.15) is 5.82 Å². The van der Waals surface area contributed by atoms with E-state index in [1.165, 1.54) is 0 Å². The molecule has 1 saturated heterocycles. The van der Waals surface area contributed by atoms with Crippen molar-refractivity contribution < 1.29 is 8.42 Å². The molecule has 2 N–H and O–H groups in total. The molecule has 2 rings (SSSR count). The van der Waals surface area contributed by atoms with E-state index in [1.54, 1.807) is 0 Å². The number of nitrogens with zero attached hydrogens (tertiary/aromatic N) is 1. The number of H-pyrrole nitrogens is 1. The van der Waals surface area contributed by atoms with Crippen molar-refractivity contribution in [2.24, 2.45) is 5.92 Å². The van der Waals surface area contributed by atoms with Gasteiger partial charge in [0.15, 0.2) is 15.0 Å². The Kier molecular flexibility index (Phi) is 5.46. The maximum Gasteiger partial charge on any atom is 0.151 e. The molecule has 0 spiro atoms. The average molecular weight is 320 g/mol. The van der Waals surface area contributed by atoms with Crippen LogP contribution in [-0.4, -0.2) is 36.4 Å². The van der Waals surface area contributed by atoms with Gasteiger partial charge in [-0.25, -0.2) is 13.4 Å². The van der Waals surface area contributed by atoms with E-state index < -0.39 is 9.84 Å². The van der Waals surface area contributed by atoms with Crippen LogP contribution < -0.4 is 5.32 Å². The Balaban J connectivity index is 1.78. The summed E-state index contributed by atoms with van der Waals surface area (Å²) in [5.41, 5.74) is 0.888. The summed E-state index contributed by atoms with van der Waals surface area (Å²) in [7, 11) is -2.79. The van der Waals surface area contributed by atoms with Gasteiger partial charge in [0, 0.05) is 13.0 Å². The first kappa shape index (κ1) is 15.8. The smallest absolute Gasteiger partial charge is 0.151 e. The predicted molar refractivity (Wildman–Crippen MR) is 80.7 cm³/mol. The van der Waals surface area contributed by atoms with Crippen LogP contribution in [0.1, 0.15) is 37.7 Å². The van der Waals surface area contributed by atoms with Crippen molar-refractivity contribution in [2.45, 2.75) is 39.2 Å². The number of halogens is 1. The third kappa shape index (κ3) is 4.46. The molecule has 20 heavy (non-hydrogen) atoms. The quantitative estimate of drug-likeness (QED) is 0.805. The first-order valence-corrected chi connectivity index (χ1v) is 9.34. The van der Waals surface area contributed by atoms with Crippen LogP contribution in [0.15, 0.2) is 0 Å². The van der Waals surface area contributed by atoms with E-state index in [0.717, 1.165) is 37.2 Å². The van der Waals surface area contributed by atoms with Crippen molar-refractivity contribution in [1.82, 2.24) is 15.3 Å². The molecule has 0 radical (unpaired) electrons. The normalized spacial score (nSPS) is 21.4. The van der Waals surface area contributed by atoms with Gasteiger partial charge >= 0.3 is 0 Å². The highest BCUT2D eigenvalue weighted by atomic mass is 35.5. The number of rotatable bonds is 7. The van der Waals surface area contributed by atoms with Crippen LogP contribution in [-0.2, 0) is 22.8 Å². The zero-order valence-corrected chi connectivity index (χ0v) is 13.4. The van der Waals surface area contributed by atoms with Crippen molar-refractivity contribution in [2.75, 3.05) is 18.1 Å². The number of imidazole rings is 1.